The predicted octanol–water partition coefficient (Wildman–Crippen LogP) is 6.59. The largest absolute Gasteiger partial charge is 0.265 e. The summed E-state index contributed by atoms with van der Waals surface area (Å²) in [6.07, 6.45) is 6.42. The summed E-state index contributed by atoms with van der Waals surface area (Å²) in [7, 11) is 0. The fourth-order valence-corrected chi connectivity index (χ4v) is 4.94. The van der Waals surface area contributed by atoms with Gasteiger partial charge in [0.25, 0.3) is 0 Å². The van der Waals surface area contributed by atoms with E-state index in [1.807, 2.05) is 44.6 Å². The molecule has 0 atom stereocenters. The molecule has 0 saturated heterocycles. The molecule has 5 rings (SSSR count). The van der Waals surface area contributed by atoms with Crippen molar-refractivity contribution < 1.29 is 0 Å². The van der Waals surface area contributed by atoms with Crippen molar-refractivity contribution in [1.82, 2.24) is 19.9 Å². The van der Waals surface area contributed by atoms with Gasteiger partial charge in [0.15, 0.2) is 5.16 Å². The quantitative estimate of drug-likeness (QED) is 0.217. The van der Waals surface area contributed by atoms with E-state index in [1.54, 1.807) is 11.8 Å². The molecule has 2 aromatic carbocycles. The number of aryl methyl sites for hydroxylation is 2. The van der Waals surface area contributed by atoms with Gasteiger partial charge in [-0.05, 0) is 78.9 Å². The molecule has 0 bridgehead atoms. The van der Waals surface area contributed by atoms with Crippen molar-refractivity contribution in [3.05, 3.63) is 113 Å². The molecule has 0 saturated carbocycles. The molecule has 33 heavy (non-hydrogen) atoms. The van der Waals surface area contributed by atoms with E-state index in [4.69, 9.17) is 4.98 Å². The molecule has 0 spiro atoms. The van der Waals surface area contributed by atoms with E-state index in [0.717, 1.165) is 45.2 Å². The second-order valence-corrected chi connectivity index (χ2v) is 9.12. The zero-order valence-electron chi connectivity index (χ0n) is 18.7. The van der Waals surface area contributed by atoms with Gasteiger partial charge in [-0.1, -0.05) is 42.1 Å². The summed E-state index contributed by atoms with van der Waals surface area (Å²) in [4.78, 5) is 18.0. The summed E-state index contributed by atoms with van der Waals surface area (Å²) in [6, 6.07) is 23.5. The molecule has 0 aliphatic rings. The molecule has 4 nitrogen and oxygen atoms in total. The Morgan fingerprint density at radius 3 is 2.36 bits per heavy atom. The Kier molecular flexibility index (Phi) is 6.13. The Bertz CT molecular complexity index is 1400. The maximum Gasteiger partial charge on any atom is 0.188 e. The average Bonchev–Trinajstić information content (AvgIpc) is 2.82. The lowest BCUT2D eigenvalue weighted by atomic mass is 9.95. The first-order valence-corrected chi connectivity index (χ1v) is 11.9. The summed E-state index contributed by atoms with van der Waals surface area (Å²) in [5, 5.41) is 1.98. The van der Waals surface area contributed by atoms with Gasteiger partial charge < -0.3 is 0 Å². The molecule has 0 fully saturated rings. The summed E-state index contributed by atoms with van der Waals surface area (Å²) in [5.74, 6) is 0.818. The monoisotopic (exact) mass is 448 g/mol. The van der Waals surface area contributed by atoms with E-state index in [-0.39, 0.29) is 0 Å². The molecule has 3 heterocycles. The molecule has 162 valence electrons. The Hall–Kier alpha value is -3.57. The van der Waals surface area contributed by atoms with Crippen molar-refractivity contribution in [3.63, 3.8) is 0 Å². The number of pyridine rings is 2. The number of nitrogens with zero attached hydrogens (tertiary/aromatic N) is 4. The lowest BCUT2D eigenvalue weighted by Gasteiger charge is -2.12. The molecule has 0 aliphatic heterocycles. The number of rotatable bonds is 6. The van der Waals surface area contributed by atoms with Crippen molar-refractivity contribution in [2.75, 3.05) is 0 Å². The number of aromatic nitrogens is 4. The zero-order chi connectivity index (χ0) is 22.6. The highest BCUT2D eigenvalue weighted by molar-refractivity contribution is 7.98. The Morgan fingerprint density at radius 2 is 1.55 bits per heavy atom. The van der Waals surface area contributed by atoms with Crippen LogP contribution in [0.3, 0.4) is 0 Å². The van der Waals surface area contributed by atoms with Crippen molar-refractivity contribution >= 4 is 22.7 Å². The third-order valence-corrected chi connectivity index (χ3v) is 6.41. The average molecular weight is 449 g/mol. The topological polar surface area (TPSA) is 51.6 Å². The van der Waals surface area contributed by atoms with Gasteiger partial charge in [0, 0.05) is 46.7 Å². The maximum atomic E-state index is 4.71. The molecule has 0 aliphatic carbocycles. The van der Waals surface area contributed by atoms with Crippen LogP contribution in [-0.2, 0) is 12.2 Å². The van der Waals surface area contributed by atoms with Gasteiger partial charge in [-0.15, -0.1) is 0 Å². The Labute approximate surface area is 198 Å². The molecular formula is C28H24N4S. The van der Waals surface area contributed by atoms with Crippen molar-refractivity contribution in [3.8, 4) is 11.1 Å². The molecule has 3 aromatic heterocycles. The van der Waals surface area contributed by atoms with Gasteiger partial charge in [-0.2, -0.15) is 0 Å². The van der Waals surface area contributed by atoms with Crippen molar-refractivity contribution in [2.45, 2.75) is 31.2 Å². The zero-order valence-corrected chi connectivity index (χ0v) is 19.5. The second-order valence-electron chi connectivity index (χ2n) is 8.17. The predicted molar refractivity (Wildman–Crippen MR) is 135 cm³/mol. The van der Waals surface area contributed by atoms with E-state index in [2.05, 4.69) is 69.5 Å². The highest BCUT2D eigenvalue weighted by Gasteiger charge is 2.10. The van der Waals surface area contributed by atoms with Crippen molar-refractivity contribution in [1.29, 1.82) is 0 Å². The van der Waals surface area contributed by atoms with E-state index in [1.165, 1.54) is 22.3 Å². The number of fused-ring (bicyclic) bond motifs is 1. The van der Waals surface area contributed by atoms with Gasteiger partial charge in [0.05, 0.1) is 5.52 Å². The number of hydrogen-bond acceptors (Lipinski definition) is 5. The van der Waals surface area contributed by atoms with E-state index < -0.39 is 0 Å². The van der Waals surface area contributed by atoms with Crippen LogP contribution in [-0.4, -0.2) is 19.9 Å². The fraction of sp³-hybridized carbons (Fsp3) is 0.143. The first kappa shape index (κ1) is 21.3. The Balaban J connectivity index is 1.48. The number of hydrogen-bond donors (Lipinski definition) is 0. The molecule has 0 unspecified atom stereocenters. The molecule has 5 heteroatoms. The highest BCUT2D eigenvalue weighted by Crippen LogP contribution is 2.31. The number of thioether (sulfide) groups is 1. The lowest BCUT2D eigenvalue weighted by molar-refractivity contribution is 0.902. The fourth-order valence-electron chi connectivity index (χ4n) is 4.05. The SMILES string of the molecule is Cc1cc(C)nc(SCc2cccc(-c3cc(Cc4ccncc4)cc4cccnc34)c2)n1. The van der Waals surface area contributed by atoms with Crippen LogP contribution >= 0.6 is 11.8 Å². The summed E-state index contributed by atoms with van der Waals surface area (Å²) < 4.78 is 0. The smallest absolute Gasteiger partial charge is 0.188 e. The van der Waals surface area contributed by atoms with Crippen LogP contribution in [0, 0.1) is 13.8 Å². The van der Waals surface area contributed by atoms with E-state index in [0.29, 0.717) is 0 Å². The summed E-state index contributed by atoms with van der Waals surface area (Å²) in [5.41, 5.74) is 9.12. The standard InChI is InChI=1S/C28H24N4S/c1-19-13-20(2)32-28(31-19)33-18-22-5-3-6-24(15-22)26-17-23(14-21-8-11-29-12-9-21)16-25-7-4-10-30-27(25)26/h3-13,15-17H,14,18H2,1-2H3. The minimum absolute atomic E-state index is 0.818. The minimum Gasteiger partial charge on any atom is -0.265 e. The van der Waals surface area contributed by atoms with E-state index in [9.17, 15) is 0 Å². The van der Waals surface area contributed by atoms with Gasteiger partial charge in [-0.3, -0.25) is 9.97 Å². The first-order chi connectivity index (χ1) is 16.1. The van der Waals surface area contributed by atoms with Crippen LogP contribution in [0.1, 0.15) is 28.1 Å². The molecule has 0 amide bonds. The summed E-state index contributed by atoms with van der Waals surface area (Å²) >= 11 is 1.67. The maximum absolute atomic E-state index is 4.71. The molecule has 0 radical (unpaired) electrons. The molecular weight excluding hydrogens is 424 g/mol. The van der Waals surface area contributed by atoms with Crippen molar-refractivity contribution in [2.24, 2.45) is 0 Å². The van der Waals surface area contributed by atoms with Crippen LogP contribution in [0.2, 0.25) is 0 Å². The normalized spacial score (nSPS) is 11.1. The first-order valence-electron chi connectivity index (χ1n) is 10.9. The number of benzene rings is 2. The Morgan fingerprint density at radius 1 is 0.727 bits per heavy atom. The highest BCUT2D eigenvalue weighted by atomic mass is 32.2. The third-order valence-electron chi connectivity index (χ3n) is 5.49. The molecule has 0 N–H and O–H groups in total. The van der Waals surface area contributed by atoms with Gasteiger partial charge >= 0.3 is 0 Å². The third kappa shape index (κ3) is 5.10. The minimum atomic E-state index is 0.818. The van der Waals surface area contributed by atoms with E-state index >= 15 is 0 Å². The van der Waals surface area contributed by atoms with Crippen LogP contribution in [0.25, 0.3) is 22.0 Å². The van der Waals surface area contributed by atoms with Crippen LogP contribution in [0.5, 0.6) is 0 Å². The lowest BCUT2D eigenvalue weighted by Crippen LogP contribution is -1.94. The van der Waals surface area contributed by atoms with Gasteiger partial charge in [0.1, 0.15) is 0 Å². The molecule has 5 aromatic rings. The van der Waals surface area contributed by atoms with Crippen LogP contribution in [0.4, 0.5) is 0 Å². The van der Waals surface area contributed by atoms with Gasteiger partial charge in [-0.25, -0.2) is 9.97 Å². The van der Waals surface area contributed by atoms with Gasteiger partial charge in [0.2, 0.25) is 0 Å². The van der Waals surface area contributed by atoms with Crippen LogP contribution in [0.15, 0.2) is 90.5 Å². The summed E-state index contributed by atoms with van der Waals surface area (Å²) in [6.45, 7) is 4.02. The van der Waals surface area contributed by atoms with Crippen LogP contribution < -0.4 is 0 Å². The second kappa shape index (κ2) is 9.51.